The number of aryl methyl sites for hydroxylation is 1. The van der Waals surface area contributed by atoms with E-state index in [-0.39, 0.29) is 11.7 Å². The van der Waals surface area contributed by atoms with Crippen LogP contribution in [0.1, 0.15) is 31.8 Å². The number of piperazine rings is 1. The summed E-state index contributed by atoms with van der Waals surface area (Å²) < 4.78 is 1.80. The van der Waals surface area contributed by atoms with Crippen molar-refractivity contribution in [3.05, 3.63) is 88.2 Å². The zero-order chi connectivity index (χ0) is 21.1. The van der Waals surface area contributed by atoms with Gasteiger partial charge in [0.25, 0.3) is 5.91 Å². The van der Waals surface area contributed by atoms with Crippen molar-refractivity contribution in [2.24, 2.45) is 7.05 Å². The highest BCUT2D eigenvalue weighted by Gasteiger charge is 2.26. The molecule has 30 heavy (non-hydrogen) atoms. The number of benzene rings is 2. The first-order valence-corrected chi connectivity index (χ1v) is 10.3. The number of halogens is 1. The minimum atomic E-state index is -0.175. The second-order valence-electron chi connectivity index (χ2n) is 7.47. The van der Waals surface area contributed by atoms with E-state index in [0.29, 0.717) is 34.8 Å². The van der Waals surface area contributed by atoms with Crippen molar-refractivity contribution in [3.8, 4) is 0 Å². The molecule has 1 amide bonds. The summed E-state index contributed by atoms with van der Waals surface area (Å²) in [5.41, 5.74) is 2.54. The van der Waals surface area contributed by atoms with Gasteiger partial charge in [-0.3, -0.25) is 19.2 Å². The van der Waals surface area contributed by atoms with Crippen LogP contribution in [0.3, 0.4) is 0 Å². The molecule has 4 rings (SSSR count). The van der Waals surface area contributed by atoms with Crippen LogP contribution in [0.2, 0.25) is 5.02 Å². The molecule has 0 radical (unpaired) electrons. The van der Waals surface area contributed by atoms with Crippen LogP contribution in [-0.4, -0.2) is 57.4 Å². The molecule has 0 spiro atoms. The maximum Gasteiger partial charge on any atom is 0.254 e. The molecule has 0 aliphatic carbocycles. The molecule has 0 bridgehead atoms. The van der Waals surface area contributed by atoms with E-state index < -0.39 is 0 Å². The Balaban J connectivity index is 1.45. The Labute approximate surface area is 180 Å². The molecule has 1 saturated heterocycles. The Morgan fingerprint density at radius 3 is 2.27 bits per heavy atom. The van der Waals surface area contributed by atoms with E-state index in [2.05, 4.69) is 10.00 Å². The van der Waals surface area contributed by atoms with Crippen LogP contribution in [-0.2, 0) is 13.6 Å². The van der Waals surface area contributed by atoms with Gasteiger partial charge in [0.1, 0.15) is 0 Å². The number of aromatic nitrogens is 2. The summed E-state index contributed by atoms with van der Waals surface area (Å²) in [6.07, 6.45) is 3.88. The van der Waals surface area contributed by atoms with Crippen molar-refractivity contribution in [3.63, 3.8) is 0 Å². The van der Waals surface area contributed by atoms with Gasteiger partial charge < -0.3 is 4.90 Å². The summed E-state index contributed by atoms with van der Waals surface area (Å²) in [4.78, 5) is 30.3. The van der Waals surface area contributed by atoms with Gasteiger partial charge in [-0.25, -0.2) is 0 Å². The monoisotopic (exact) mass is 422 g/mol. The predicted molar refractivity (Wildman–Crippen MR) is 116 cm³/mol. The van der Waals surface area contributed by atoms with Gasteiger partial charge >= 0.3 is 0 Å². The molecule has 2 heterocycles. The molecular weight excluding hydrogens is 400 g/mol. The number of hydrogen-bond acceptors (Lipinski definition) is 4. The quantitative estimate of drug-likeness (QED) is 0.592. The van der Waals surface area contributed by atoms with Gasteiger partial charge in [-0.15, -0.1) is 0 Å². The molecule has 0 unspecified atom stereocenters. The van der Waals surface area contributed by atoms with Crippen molar-refractivity contribution in [2.75, 3.05) is 26.2 Å². The SMILES string of the molecule is Cn1cc(CN2CCN(C(=O)c3ccccc3C(=O)c3ccc(Cl)cc3)CC2)cn1. The van der Waals surface area contributed by atoms with E-state index in [4.69, 9.17) is 11.6 Å². The van der Waals surface area contributed by atoms with E-state index in [1.54, 1.807) is 53.2 Å². The number of ketones is 1. The van der Waals surface area contributed by atoms with Crippen molar-refractivity contribution >= 4 is 23.3 Å². The third-order valence-corrected chi connectivity index (χ3v) is 5.58. The largest absolute Gasteiger partial charge is 0.336 e. The first-order valence-electron chi connectivity index (χ1n) is 9.90. The molecule has 3 aromatic rings. The van der Waals surface area contributed by atoms with E-state index in [1.807, 2.05) is 24.3 Å². The molecule has 0 N–H and O–H groups in total. The highest BCUT2D eigenvalue weighted by molar-refractivity contribution is 6.30. The summed E-state index contributed by atoms with van der Waals surface area (Å²) in [7, 11) is 1.91. The van der Waals surface area contributed by atoms with Crippen LogP contribution >= 0.6 is 11.6 Å². The Morgan fingerprint density at radius 1 is 0.967 bits per heavy atom. The van der Waals surface area contributed by atoms with E-state index >= 15 is 0 Å². The average molecular weight is 423 g/mol. The second-order valence-corrected chi connectivity index (χ2v) is 7.91. The van der Waals surface area contributed by atoms with Gasteiger partial charge in [0, 0.05) is 67.7 Å². The fourth-order valence-electron chi connectivity index (χ4n) is 3.72. The zero-order valence-corrected chi connectivity index (χ0v) is 17.5. The summed E-state index contributed by atoms with van der Waals surface area (Å²) in [5.74, 6) is -0.278. The average Bonchev–Trinajstić information content (AvgIpc) is 3.18. The molecule has 1 aliphatic rings. The normalized spacial score (nSPS) is 14.7. The van der Waals surface area contributed by atoms with Crippen LogP contribution in [0, 0.1) is 0 Å². The number of carbonyl (C=O) groups is 2. The number of hydrogen-bond donors (Lipinski definition) is 0. The van der Waals surface area contributed by atoms with Gasteiger partial charge in [-0.05, 0) is 30.3 Å². The van der Waals surface area contributed by atoms with Gasteiger partial charge in [0.2, 0.25) is 0 Å². The molecule has 0 atom stereocenters. The van der Waals surface area contributed by atoms with Crippen molar-refractivity contribution in [1.82, 2.24) is 19.6 Å². The standard InChI is InChI=1S/C23H23ClN4O2/c1-26-15-17(14-25-26)16-27-10-12-28(13-11-27)23(30)21-5-3-2-4-20(21)22(29)18-6-8-19(24)9-7-18/h2-9,14-15H,10-13,16H2,1H3. The molecule has 154 valence electrons. The smallest absolute Gasteiger partial charge is 0.254 e. The number of amides is 1. The molecule has 0 saturated carbocycles. The van der Waals surface area contributed by atoms with E-state index in [0.717, 1.165) is 25.2 Å². The fraction of sp³-hybridized carbons (Fsp3) is 0.261. The van der Waals surface area contributed by atoms with E-state index in [1.165, 1.54) is 0 Å². The lowest BCUT2D eigenvalue weighted by Gasteiger charge is -2.34. The first-order chi connectivity index (χ1) is 14.5. The lowest BCUT2D eigenvalue weighted by Crippen LogP contribution is -2.48. The Morgan fingerprint density at radius 2 is 1.63 bits per heavy atom. The maximum atomic E-state index is 13.2. The topological polar surface area (TPSA) is 58.4 Å². The third kappa shape index (κ3) is 4.45. The summed E-state index contributed by atoms with van der Waals surface area (Å²) >= 11 is 5.93. The zero-order valence-electron chi connectivity index (χ0n) is 16.8. The summed E-state index contributed by atoms with van der Waals surface area (Å²) in [6.45, 7) is 3.65. The first kappa shape index (κ1) is 20.3. The van der Waals surface area contributed by atoms with Gasteiger partial charge in [-0.2, -0.15) is 5.10 Å². The van der Waals surface area contributed by atoms with Crippen LogP contribution in [0.15, 0.2) is 60.9 Å². The minimum absolute atomic E-state index is 0.103. The predicted octanol–water partition coefficient (Wildman–Crippen LogP) is 3.26. The highest BCUT2D eigenvalue weighted by Crippen LogP contribution is 2.19. The highest BCUT2D eigenvalue weighted by atomic mass is 35.5. The summed E-state index contributed by atoms with van der Waals surface area (Å²) in [6, 6.07) is 13.8. The lowest BCUT2D eigenvalue weighted by atomic mass is 9.97. The van der Waals surface area contributed by atoms with Crippen LogP contribution in [0.5, 0.6) is 0 Å². The molecule has 7 heteroatoms. The number of nitrogens with zero attached hydrogens (tertiary/aromatic N) is 4. The third-order valence-electron chi connectivity index (χ3n) is 5.33. The van der Waals surface area contributed by atoms with Crippen LogP contribution in [0.4, 0.5) is 0 Å². The minimum Gasteiger partial charge on any atom is -0.336 e. The molecule has 1 fully saturated rings. The van der Waals surface area contributed by atoms with Crippen molar-refractivity contribution in [2.45, 2.75) is 6.54 Å². The van der Waals surface area contributed by atoms with Gasteiger partial charge in [-0.1, -0.05) is 29.8 Å². The maximum absolute atomic E-state index is 13.2. The lowest BCUT2D eigenvalue weighted by molar-refractivity contribution is 0.0625. The fourth-order valence-corrected chi connectivity index (χ4v) is 3.84. The van der Waals surface area contributed by atoms with Crippen molar-refractivity contribution < 1.29 is 9.59 Å². The second kappa shape index (κ2) is 8.81. The molecule has 1 aliphatic heterocycles. The Bertz CT molecular complexity index is 1050. The molecular formula is C23H23ClN4O2. The van der Waals surface area contributed by atoms with Gasteiger partial charge in [0.05, 0.1) is 11.8 Å². The van der Waals surface area contributed by atoms with Crippen LogP contribution in [0.25, 0.3) is 0 Å². The van der Waals surface area contributed by atoms with Crippen LogP contribution < -0.4 is 0 Å². The van der Waals surface area contributed by atoms with Gasteiger partial charge in [0.15, 0.2) is 5.78 Å². The Hall–Kier alpha value is -2.96. The summed E-state index contributed by atoms with van der Waals surface area (Å²) in [5, 5.41) is 4.78. The molecule has 6 nitrogen and oxygen atoms in total. The molecule has 1 aromatic heterocycles. The molecule has 2 aromatic carbocycles. The Kier molecular flexibility index (Phi) is 5.97. The van der Waals surface area contributed by atoms with E-state index in [9.17, 15) is 9.59 Å². The number of rotatable bonds is 5. The number of carbonyl (C=O) groups excluding carboxylic acids is 2. The van der Waals surface area contributed by atoms with Crippen molar-refractivity contribution in [1.29, 1.82) is 0 Å².